The summed E-state index contributed by atoms with van der Waals surface area (Å²) in [5.41, 5.74) is -0.156. The smallest absolute Gasteiger partial charge is 0.410 e. The van der Waals surface area contributed by atoms with Crippen LogP contribution in [0.25, 0.3) is 0 Å². The number of halogens is 1. The maximum Gasteiger partial charge on any atom is 0.410 e. The standard InChI is InChI=1S/C17H22FN3O2/c1-17(2,3)23-16(22)21-10-8-20(9-11-21)15(12-19)13-6-4-5-7-14(13)18/h4-7,15H,8-11H2,1-3H3. The first-order valence-corrected chi connectivity index (χ1v) is 7.68. The van der Waals surface area contributed by atoms with Crippen molar-refractivity contribution in [1.82, 2.24) is 9.80 Å². The molecule has 0 bridgehead atoms. The minimum atomic E-state index is -0.642. The molecular weight excluding hydrogens is 297 g/mol. The molecule has 6 heteroatoms. The summed E-state index contributed by atoms with van der Waals surface area (Å²) in [4.78, 5) is 15.6. The van der Waals surface area contributed by atoms with Gasteiger partial charge in [-0.2, -0.15) is 5.26 Å². The fourth-order valence-electron chi connectivity index (χ4n) is 2.53. The molecule has 0 spiro atoms. The monoisotopic (exact) mass is 319 g/mol. The van der Waals surface area contributed by atoms with E-state index in [1.807, 2.05) is 25.7 Å². The lowest BCUT2D eigenvalue weighted by Gasteiger charge is -2.37. The molecule has 1 atom stereocenters. The van der Waals surface area contributed by atoms with E-state index in [2.05, 4.69) is 6.07 Å². The van der Waals surface area contributed by atoms with Crippen LogP contribution in [0.15, 0.2) is 24.3 Å². The Balaban J connectivity index is 2.00. The maximum atomic E-state index is 13.9. The number of hydrogen-bond donors (Lipinski definition) is 0. The van der Waals surface area contributed by atoms with Gasteiger partial charge in [-0.15, -0.1) is 0 Å². The van der Waals surface area contributed by atoms with E-state index in [1.165, 1.54) is 6.07 Å². The molecule has 2 rings (SSSR count). The van der Waals surface area contributed by atoms with Crippen LogP contribution in [-0.2, 0) is 4.74 Å². The van der Waals surface area contributed by atoms with Crippen molar-refractivity contribution in [3.8, 4) is 6.07 Å². The van der Waals surface area contributed by atoms with E-state index < -0.39 is 11.6 Å². The van der Waals surface area contributed by atoms with Gasteiger partial charge in [0.1, 0.15) is 17.5 Å². The molecule has 5 nitrogen and oxygen atoms in total. The Kier molecular flexibility index (Phi) is 5.22. The van der Waals surface area contributed by atoms with Crippen molar-refractivity contribution < 1.29 is 13.9 Å². The van der Waals surface area contributed by atoms with Crippen molar-refractivity contribution in [2.45, 2.75) is 32.4 Å². The molecule has 1 heterocycles. The number of ether oxygens (including phenoxy) is 1. The maximum absolute atomic E-state index is 13.9. The second kappa shape index (κ2) is 6.97. The van der Waals surface area contributed by atoms with E-state index in [-0.39, 0.29) is 11.9 Å². The summed E-state index contributed by atoms with van der Waals surface area (Å²) in [6.07, 6.45) is -0.350. The Labute approximate surface area is 136 Å². The molecule has 0 N–H and O–H groups in total. The molecule has 1 saturated heterocycles. The van der Waals surface area contributed by atoms with E-state index in [9.17, 15) is 14.4 Å². The predicted molar refractivity (Wildman–Crippen MR) is 84.1 cm³/mol. The number of hydrogen-bond acceptors (Lipinski definition) is 4. The van der Waals surface area contributed by atoms with Gasteiger partial charge in [0.25, 0.3) is 0 Å². The molecule has 1 aliphatic heterocycles. The van der Waals surface area contributed by atoms with Crippen LogP contribution in [0, 0.1) is 17.1 Å². The van der Waals surface area contributed by atoms with Gasteiger partial charge in [-0.1, -0.05) is 18.2 Å². The molecule has 124 valence electrons. The summed E-state index contributed by atoms with van der Waals surface area (Å²) in [7, 11) is 0. The van der Waals surface area contributed by atoms with Gasteiger partial charge in [0.15, 0.2) is 0 Å². The summed E-state index contributed by atoms with van der Waals surface area (Å²) in [5, 5.41) is 9.42. The van der Waals surface area contributed by atoms with Gasteiger partial charge in [0, 0.05) is 31.7 Å². The first-order chi connectivity index (χ1) is 10.8. The first kappa shape index (κ1) is 17.2. The molecular formula is C17H22FN3O2. The third kappa shape index (κ3) is 4.42. The zero-order valence-corrected chi connectivity index (χ0v) is 13.8. The van der Waals surface area contributed by atoms with Gasteiger partial charge in [-0.3, -0.25) is 4.90 Å². The molecule has 1 amide bonds. The summed E-state index contributed by atoms with van der Waals surface area (Å²) in [5.74, 6) is -0.381. The molecule has 0 aliphatic carbocycles. The molecule has 0 radical (unpaired) electrons. The molecule has 1 aliphatic rings. The zero-order valence-electron chi connectivity index (χ0n) is 13.8. The van der Waals surface area contributed by atoms with Crippen LogP contribution >= 0.6 is 0 Å². The third-order valence-corrected chi connectivity index (χ3v) is 3.65. The van der Waals surface area contributed by atoms with Crippen molar-refractivity contribution in [3.05, 3.63) is 35.6 Å². The van der Waals surface area contributed by atoms with E-state index in [0.717, 1.165) is 0 Å². The highest BCUT2D eigenvalue weighted by atomic mass is 19.1. The number of carbonyl (C=O) groups excluding carboxylic acids is 1. The normalized spacial score (nSPS) is 17.4. The number of nitriles is 1. The van der Waals surface area contributed by atoms with Crippen molar-refractivity contribution >= 4 is 6.09 Å². The van der Waals surface area contributed by atoms with E-state index in [0.29, 0.717) is 31.7 Å². The summed E-state index contributed by atoms with van der Waals surface area (Å²) in [6, 6.07) is 7.83. The number of nitrogens with zero attached hydrogens (tertiary/aromatic N) is 3. The SMILES string of the molecule is CC(C)(C)OC(=O)N1CCN(C(C#N)c2ccccc2F)CC1. The minimum absolute atomic E-state index is 0.350. The Morgan fingerprint density at radius 3 is 2.39 bits per heavy atom. The molecule has 1 aromatic carbocycles. The minimum Gasteiger partial charge on any atom is -0.444 e. The van der Waals surface area contributed by atoms with Gasteiger partial charge in [0.05, 0.1) is 6.07 Å². The summed E-state index contributed by atoms with van der Waals surface area (Å²) < 4.78 is 19.3. The Bertz CT molecular complexity index is 599. The van der Waals surface area contributed by atoms with E-state index >= 15 is 0 Å². The fraction of sp³-hybridized carbons (Fsp3) is 0.529. The van der Waals surface area contributed by atoms with Gasteiger partial charge in [-0.25, -0.2) is 9.18 Å². The fourth-order valence-corrected chi connectivity index (χ4v) is 2.53. The highest BCUT2D eigenvalue weighted by molar-refractivity contribution is 5.68. The highest BCUT2D eigenvalue weighted by Crippen LogP contribution is 2.24. The number of piperazine rings is 1. The lowest BCUT2D eigenvalue weighted by atomic mass is 10.0. The Morgan fingerprint density at radius 1 is 1.26 bits per heavy atom. The van der Waals surface area contributed by atoms with Crippen LogP contribution in [0.1, 0.15) is 32.4 Å². The Hall–Kier alpha value is -2.13. The van der Waals surface area contributed by atoms with Crippen LogP contribution in [0.3, 0.4) is 0 Å². The summed E-state index contributed by atoms with van der Waals surface area (Å²) in [6.45, 7) is 7.40. The van der Waals surface area contributed by atoms with Gasteiger partial charge in [0.2, 0.25) is 0 Å². The number of carbonyl (C=O) groups is 1. The van der Waals surface area contributed by atoms with Crippen molar-refractivity contribution in [2.75, 3.05) is 26.2 Å². The average molecular weight is 319 g/mol. The van der Waals surface area contributed by atoms with Gasteiger partial charge >= 0.3 is 6.09 Å². The number of benzene rings is 1. The van der Waals surface area contributed by atoms with Crippen LogP contribution in [-0.4, -0.2) is 47.7 Å². The van der Waals surface area contributed by atoms with E-state index in [4.69, 9.17) is 4.74 Å². The average Bonchev–Trinajstić information content (AvgIpc) is 2.49. The topological polar surface area (TPSA) is 56.6 Å². The van der Waals surface area contributed by atoms with Gasteiger partial charge in [-0.05, 0) is 26.8 Å². The lowest BCUT2D eigenvalue weighted by molar-refractivity contribution is 0.0123. The Morgan fingerprint density at radius 2 is 1.87 bits per heavy atom. The van der Waals surface area contributed by atoms with Crippen molar-refractivity contribution in [2.24, 2.45) is 0 Å². The second-order valence-corrected chi connectivity index (χ2v) is 6.56. The highest BCUT2D eigenvalue weighted by Gasteiger charge is 2.30. The molecule has 0 saturated carbocycles. The van der Waals surface area contributed by atoms with Crippen molar-refractivity contribution in [3.63, 3.8) is 0 Å². The van der Waals surface area contributed by atoms with Gasteiger partial charge < -0.3 is 9.64 Å². The van der Waals surface area contributed by atoms with Crippen LogP contribution in [0.5, 0.6) is 0 Å². The van der Waals surface area contributed by atoms with E-state index in [1.54, 1.807) is 23.1 Å². The van der Waals surface area contributed by atoms with Crippen molar-refractivity contribution in [1.29, 1.82) is 5.26 Å². The van der Waals surface area contributed by atoms with Crippen LogP contribution in [0.4, 0.5) is 9.18 Å². The molecule has 1 fully saturated rings. The second-order valence-electron chi connectivity index (χ2n) is 6.56. The first-order valence-electron chi connectivity index (χ1n) is 7.68. The molecule has 0 aromatic heterocycles. The predicted octanol–water partition coefficient (Wildman–Crippen LogP) is 2.94. The largest absolute Gasteiger partial charge is 0.444 e. The van der Waals surface area contributed by atoms with Crippen LogP contribution in [0.2, 0.25) is 0 Å². The summed E-state index contributed by atoms with van der Waals surface area (Å²) >= 11 is 0. The number of rotatable bonds is 2. The molecule has 1 unspecified atom stereocenters. The van der Waals surface area contributed by atoms with Crippen LogP contribution < -0.4 is 0 Å². The third-order valence-electron chi connectivity index (χ3n) is 3.65. The lowest BCUT2D eigenvalue weighted by Crippen LogP contribution is -2.50. The molecule has 23 heavy (non-hydrogen) atoms. The number of amides is 1. The molecule has 1 aromatic rings. The quantitative estimate of drug-likeness (QED) is 0.841. The zero-order chi connectivity index (χ0) is 17.0.